The van der Waals surface area contributed by atoms with E-state index in [9.17, 15) is 0 Å². The van der Waals surface area contributed by atoms with Crippen LogP contribution in [0.25, 0.3) is 0 Å². The molecule has 0 aromatic carbocycles. The zero-order valence-electron chi connectivity index (χ0n) is 15.8. The van der Waals surface area contributed by atoms with Gasteiger partial charge in [0.1, 0.15) is 6.23 Å². The van der Waals surface area contributed by atoms with Crippen LogP contribution in [-0.4, -0.2) is 68.1 Å². The summed E-state index contributed by atoms with van der Waals surface area (Å²) in [6.45, 7) is 15.9. The van der Waals surface area contributed by atoms with E-state index in [0.29, 0.717) is 33.0 Å². The van der Waals surface area contributed by atoms with Gasteiger partial charge < -0.3 is 24.7 Å². The van der Waals surface area contributed by atoms with Crippen LogP contribution in [0.15, 0.2) is 0 Å². The monoisotopic (exact) mass is 332 g/mol. The van der Waals surface area contributed by atoms with Gasteiger partial charge in [-0.05, 0) is 40.7 Å². The van der Waals surface area contributed by atoms with Crippen molar-refractivity contribution in [2.45, 2.75) is 71.6 Å². The first kappa shape index (κ1) is 20.8. The minimum atomic E-state index is -0.498. The maximum atomic E-state index is 6.01. The highest BCUT2D eigenvalue weighted by Crippen LogP contribution is 2.25. The number of nitrogens with zero attached hydrogens (tertiary/aromatic N) is 1. The molecule has 6 heteroatoms. The number of rotatable bonds is 5. The van der Waals surface area contributed by atoms with E-state index in [1.165, 1.54) is 0 Å². The standard InChI is InChI=1S/C15H30N2O4.C2H6/c1-14(2)11-18-13(10-19-14)17(7-5-6-16)12-8-20-15(3,4)21-9-12;1-2/h12-13H,5-11,16H2,1-4H3;1-2H3. The smallest absolute Gasteiger partial charge is 0.162 e. The Balaban J connectivity index is 0.00000127. The summed E-state index contributed by atoms with van der Waals surface area (Å²) in [5, 5.41) is 0. The van der Waals surface area contributed by atoms with Crippen LogP contribution in [0.2, 0.25) is 0 Å². The Morgan fingerprint density at radius 1 is 1.00 bits per heavy atom. The molecule has 0 bridgehead atoms. The Hall–Kier alpha value is -0.240. The largest absolute Gasteiger partial charge is 0.369 e. The van der Waals surface area contributed by atoms with Gasteiger partial charge >= 0.3 is 0 Å². The molecule has 1 atom stereocenters. The second kappa shape index (κ2) is 9.30. The highest BCUT2D eigenvalue weighted by molar-refractivity contribution is 4.82. The van der Waals surface area contributed by atoms with E-state index >= 15 is 0 Å². The third kappa shape index (κ3) is 6.64. The van der Waals surface area contributed by atoms with Crippen molar-refractivity contribution in [3.63, 3.8) is 0 Å². The van der Waals surface area contributed by atoms with E-state index in [1.54, 1.807) is 0 Å². The van der Waals surface area contributed by atoms with Gasteiger partial charge in [0.05, 0.1) is 38.1 Å². The summed E-state index contributed by atoms with van der Waals surface area (Å²) in [6.07, 6.45) is 0.867. The number of hydrogen-bond donors (Lipinski definition) is 1. The lowest BCUT2D eigenvalue weighted by Crippen LogP contribution is -2.58. The second-order valence-electron chi connectivity index (χ2n) is 6.89. The minimum absolute atomic E-state index is 0.0528. The third-order valence-corrected chi connectivity index (χ3v) is 3.95. The van der Waals surface area contributed by atoms with E-state index in [4.69, 9.17) is 24.7 Å². The van der Waals surface area contributed by atoms with Crippen LogP contribution in [-0.2, 0) is 18.9 Å². The molecule has 0 amide bonds. The van der Waals surface area contributed by atoms with E-state index < -0.39 is 5.79 Å². The van der Waals surface area contributed by atoms with Crippen LogP contribution in [0.3, 0.4) is 0 Å². The van der Waals surface area contributed by atoms with Crippen LogP contribution in [0.5, 0.6) is 0 Å². The van der Waals surface area contributed by atoms with Crippen molar-refractivity contribution in [1.29, 1.82) is 0 Å². The van der Waals surface area contributed by atoms with Crippen LogP contribution < -0.4 is 5.73 Å². The predicted octanol–water partition coefficient (Wildman–Crippen LogP) is 1.97. The average molecular weight is 332 g/mol. The highest BCUT2D eigenvalue weighted by atomic mass is 16.7. The summed E-state index contributed by atoms with van der Waals surface area (Å²) >= 11 is 0. The lowest BCUT2D eigenvalue weighted by Gasteiger charge is -2.46. The molecule has 0 spiro atoms. The SMILES string of the molecule is CC.CC1(C)COC(N(CCCN)C2COC(C)(C)OC2)CO1. The lowest BCUT2D eigenvalue weighted by molar-refractivity contribution is -0.285. The molecule has 23 heavy (non-hydrogen) atoms. The molecule has 0 aliphatic carbocycles. The normalized spacial score (nSPS) is 27.4. The van der Waals surface area contributed by atoms with Crippen molar-refractivity contribution in [2.75, 3.05) is 39.5 Å². The van der Waals surface area contributed by atoms with Crippen molar-refractivity contribution in [2.24, 2.45) is 5.73 Å². The van der Waals surface area contributed by atoms with E-state index in [-0.39, 0.29) is 17.9 Å². The maximum Gasteiger partial charge on any atom is 0.162 e. The molecular weight excluding hydrogens is 296 g/mol. The first-order valence-electron chi connectivity index (χ1n) is 8.82. The maximum absolute atomic E-state index is 6.01. The van der Waals surface area contributed by atoms with E-state index in [0.717, 1.165) is 13.0 Å². The molecule has 6 nitrogen and oxygen atoms in total. The summed E-state index contributed by atoms with van der Waals surface area (Å²) in [6, 6.07) is 0.180. The molecule has 138 valence electrons. The van der Waals surface area contributed by atoms with E-state index in [1.807, 2.05) is 41.5 Å². The number of hydrogen-bond acceptors (Lipinski definition) is 6. The molecule has 1 unspecified atom stereocenters. The molecule has 2 heterocycles. The van der Waals surface area contributed by atoms with Crippen LogP contribution in [0.1, 0.15) is 48.0 Å². The molecular formula is C17H36N2O4. The Morgan fingerprint density at radius 3 is 2.09 bits per heavy atom. The Bertz CT molecular complexity index is 289. The molecule has 2 aliphatic rings. The first-order valence-corrected chi connectivity index (χ1v) is 8.82. The summed E-state index contributed by atoms with van der Waals surface area (Å²) < 4.78 is 23.5. The van der Waals surface area contributed by atoms with Gasteiger partial charge in [-0.1, -0.05) is 13.8 Å². The van der Waals surface area contributed by atoms with Crippen LogP contribution in [0, 0.1) is 0 Å². The van der Waals surface area contributed by atoms with Crippen LogP contribution in [0.4, 0.5) is 0 Å². The molecule has 0 radical (unpaired) electrons. The summed E-state index contributed by atoms with van der Waals surface area (Å²) in [5.41, 5.74) is 5.45. The summed E-state index contributed by atoms with van der Waals surface area (Å²) in [4.78, 5) is 2.28. The third-order valence-electron chi connectivity index (χ3n) is 3.95. The first-order chi connectivity index (χ1) is 10.8. The molecule has 0 aromatic heterocycles. The number of nitrogens with two attached hydrogens (primary N) is 1. The molecule has 0 saturated carbocycles. The van der Waals surface area contributed by atoms with Crippen molar-refractivity contribution in [3.8, 4) is 0 Å². The fourth-order valence-corrected chi connectivity index (χ4v) is 2.59. The molecule has 2 saturated heterocycles. The molecule has 2 rings (SSSR count). The zero-order chi connectivity index (χ0) is 17.5. The Kier molecular flexibility index (Phi) is 8.41. The molecule has 2 fully saturated rings. The lowest BCUT2D eigenvalue weighted by atomic mass is 10.1. The fraction of sp³-hybridized carbons (Fsp3) is 1.00. The Labute approximate surface area is 141 Å². The van der Waals surface area contributed by atoms with Crippen LogP contribution >= 0.6 is 0 Å². The average Bonchev–Trinajstić information content (AvgIpc) is 2.52. The minimum Gasteiger partial charge on any atom is -0.369 e. The molecule has 2 aliphatic heterocycles. The van der Waals surface area contributed by atoms with Crippen molar-refractivity contribution >= 4 is 0 Å². The molecule has 0 aromatic rings. The van der Waals surface area contributed by atoms with Gasteiger partial charge in [-0.2, -0.15) is 0 Å². The van der Waals surface area contributed by atoms with Gasteiger partial charge in [-0.25, -0.2) is 0 Å². The second-order valence-corrected chi connectivity index (χ2v) is 6.89. The van der Waals surface area contributed by atoms with Gasteiger partial charge in [-0.3, -0.25) is 4.90 Å². The van der Waals surface area contributed by atoms with Crippen molar-refractivity contribution in [3.05, 3.63) is 0 Å². The number of ether oxygens (including phenoxy) is 4. The summed E-state index contributed by atoms with van der Waals surface area (Å²) in [5.74, 6) is -0.498. The fourth-order valence-electron chi connectivity index (χ4n) is 2.59. The quantitative estimate of drug-likeness (QED) is 0.830. The van der Waals surface area contributed by atoms with Crippen molar-refractivity contribution in [1.82, 2.24) is 4.90 Å². The summed E-state index contributed by atoms with van der Waals surface area (Å²) in [7, 11) is 0. The van der Waals surface area contributed by atoms with Crippen molar-refractivity contribution < 1.29 is 18.9 Å². The van der Waals surface area contributed by atoms with Gasteiger partial charge in [0, 0.05) is 6.54 Å². The van der Waals surface area contributed by atoms with Gasteiger partial charge in [-0.15, -0.1) is 0 Å². The highest BCUT2D eigenvalue weighted by Gasteiger charge is 2.38. The Morgan fingerprint density at radius 2 is 1.61 bits per heavy atom. The van der Waals surface area contributed by atoms with Gasteiger partial charge in [0.2, 0.25) is 0 Å². The van der Waals surface area contributed by atoms with Gasteiger partial charge in [0.25, 0.3) is 0 Å². The molecule has 2 N–H and O–H groups in total. The zero-order valence-corrected chi connectivity index (χ0v) is 15.8. The topological polar surface area (TPSA) is 66.2 Å². The van der Waals surface area contributed by atoms with E-state index in [2.05, 4.69) is 4.90 Å². The predicted molar refractivity (Wildman–Crippen MR) is 91.3 cm³/mol. The van der Waals surface area contributed by atoms with Gasteiger partial charge in [0.15, 0.2) is 5.79 Å².